The number of para-hydroxylation sites is 1. The van der Waals surface area contributed by atoms with Crippen LogP contribution in [-0.2, 0) is 0 Å². The minimum absolute atomic E-state index is 0.0667. The van der Waals surface area contributed by atoms with Gasteiger partial charge in [0.25, 0.3) is 5.91 Å². The number of aromatic nitrogens is 1. The van der Waals surface area contributed by atoms with Gasteiger partial charge in [-0.2, -0.15) is 0 Å². The summed E-state index contributed by atoms with van der Waals surface area (Å²) in [5.74, 6) is -0.718. The van der Waals surface area contributed by atoms with Crippen LogP contribution in [0.3, 0.4) is 0 Å². The van der Waals surface area contributed by atoms with Crippen molar-refractivity contribution in [2.24, 2.45) is 0 Å². The van der Waals surface area contributed by atoms with Crippen molar-refractivity contribution in [2.75, 3.05) is 6.61 Å². The maximum absolute atomic E-state index is 13.8. The summed E-state index contributed by atoms with van der Waals surface area (Å²) in [7, 11) is 0. The van der Waals surface area contributed by atoms with Crippen LogP contribution < -0.4 is 10.1 Å². The maximum Gasteiger partial charge on any atom is 0.270 e. The Morgan fingerprint density at radius 1 is 1.12 bits per heavy atom. The number of nitrogens with zero attached hydrogens (tertiary/aromatic N) is 1. The van der Waals surface area contributed by atoms with Crippen LogP contribution in [0.4, 0.5) is 4.39 Å². The molecular weight excluding hydrogens is 355 g/mol. The van der Waals surface area contributed by atoms with Crippen molar-refractivity contribution >= 4 is 17.5 Å². The lowest BCUT2D eigenvalue weighted by atomic mass is 10.1. The van der Waals surface area contributed by atoms with E-state index in [1.165, 1.54) is 24.4 Å². The van der Waals surface area contributed by atoms with Crippen LogP contribution in [0, 0.1) is 5.82 Å². The Labute approximate surface area is 155 Å². The minimum Gasteiger partial charge on any atom is -0.488 e. The molecule has 0 aliphatic heterocycles. The molecule has 0 aliphatic rings. The van der Waals surface area contributed by atoms with Crippen molar-refractivity contribution < 1.29 is 13.9 Å². The van der Waals surface area contributed by atoms with E-state index < -0.39 is 17.8 Å². The van der Waals surface area contributed by atoms with Gasteiger partial charge in [-0.3, -0.25) is 9.78 Å². The third-order valence-electron chi connectivity index (χ3n) is 3.70. The van der Waals surface area contributed by atoms with Crippen molar-refractivity contribution in [3.8, 4) is 5.75 Å². The predicted octanol–water partition coefficient (Wildman–Crippen LogP) is 4.42. The number of halogens is 2. The molecule has 0 aliphatic carbocycles. The summed E-state index contributed by atoms with van der Waals surface area (Å²) in [5.41, 5.74) is 1.03. The minimum atomic E-state index is -0.482. The second-order valence-electron chi connectivity index (χ2n) is 5.54. The number of benzene rings is 2. The second kappa shape index (κ2) is 8.45. The monoisotopic (exact) mass is 370 g/mol. The Balaban J connectivity index is 1.78. The van der Waals surface area contributed by atoms with Gasteiger partial charge in [-0.25, -0.2) is 4.39 Å². The molecule has 4 nitrogen and oxygen atoms in total. The predicted molar refractivity (Wildman–Crippen MR) is 97.8 cm³/mol. The van der Waals surface area contributed by atoms with Crippen molar-refractivity contribution in [3.05, 3.63) is 95.0 Å². The van der Waals surface area contributed by atoms with Crippen LogP contribution in [0.15, 0.2) is 72.9 Å². The number of pyridine rings is 1. The van der Waals surface area contributed by atoms with Gasteiger partial charge >= 0.3 is 0 Å². The second-order valence-corrected chi connectivity index (χ2v) is 5.97. The Morgan fingerprint density at radius 3 is 2.58 bits per heavy atom. The highest BCUT2D eigenvalue weighted by Gasteiger charge is 2.18. The molecule has 1 aromatic heterocycles. The number of carbonyl (C=O) groups is 1. The zero-order valence-corrected chi connectivity index (χ0v) is 14.5. The molecule has 0 radical (unpaired) electrons. The largest absolute Gasteiger partial charge is 0.488 e. The highest BCUT2D eigenvalue weighted by Crippen LogP contribution is 2.20. The average Bonchev–Trinajstić information content (AvgIpc) is 2.67. The summed E-state index contributed by atoms with van der Waals surface area (Å²) in [5, 5.41) is 3.28. The van der Waals surface area contributed by atoms with Crippen LogP contribution in [0.25, 0.3) is 0 Å². The lowest BCUT2D eigenvalue weighted by Gasteiger charge is -2.20. The van der Waals surface area contributed by atoms with Crippen molar-refractivity contribution in [1.82, 2.24) is 10.3 Å². The van der Waals surface area contributed by atoms with E-state index in [0.29, 0.717) is 5.02 Å². The molecule has 1 atom stereocenters. The summed E-state index contributed by atoms with van der Waals surface area (Å²) in [6, 6.07) is 18.0. The molecule has 132 valence electrons. The first-order valence-electron chi connectivity index (χ1n) is 7.98. The molecule has 2 aromatic carbocycles. The van der Waals surface area contributed by atoms with E-state index >= 15 is 0 Å². The number of ether oxygens (including phenoxy) is 1. The van der Waals surface area contributed by atoms with E-state index in [-0.39, 0.29) is 18.1 Å². The fraction of sp³-hybridized carbons (Fsp3) is 0.100. The summed E-state index contributed by atoms with van der Waals surface area (Å²) < 4.78 is 19.4. The van der Waals surface area contributed by atoms with Gasteiger partial charge in [0, 0.05) is 11.2 Å². The topological polar surface area (TPSA) is 51.2 Å². The molecule has 1 amide bonds. The molecular formula is C20H16ClFN2O2. The third-order valence-corrected chi connectivity index (χ3v) is 3.94. The van der Waals surface area contributed by atoms with Crippen molar-refractivity contribution in [1.29, 1.82) is 0 Å². The van der Waals surface area contributed by atoms with Gasteiger partial charge < -0.3 is 10.1 Å². The van der Waals surface area contributed by atoms with Gasteiger partial charge in [0.05, 0.1) is 6.04 Å². The number of rotatable bonds is 6. The molecule has 3 rings (SSSR count). The molecule has 0 saturated heterocycles. The van der Waals surface area contributed by atoms with Gasteiger partial charge in [-0.1, -0.05) is 54.1 Å². The quantitative estimate of drug-likeness (QED) is 0.698. The fourth-order valence-corrected chi connectivity index (χ4v) is 2.56. The molecule has 1 heterocycles. The molecule has 6 heteroatoms. The first kappa shape index (κ1) is 17.9. The van der Waals surface area contributed by atoms with E-state index in [0.717, 1.165) is 5.56 Å². The molecule has 3 aromatic rings. The summed E-state index contributed by atoms with van der Waals surface area (Å²) in [6.45, 7) is 0.0667. The van der Waals surface area contributed by atoms with E-state index in [2.05, 4.69) is 10.3 Å². The Kier molecular flexibility index (Phi) is 5.81. The van der Waals surface area contributed by atoms with Gasteiger partial charge in [0.2, 0.25) is 0 Å². The summed E-state index contributed by atoms with van der Waals surface area (Å²) in [6.07, 6.45) is 1.46. The van der Waals surface area contributed by atoms with Crippen LogP contribution in [0.1, 0.15) is 22.1 Å². The molecule has 26 heavy (non-hydrogen) atoms. The SMILES string of the molecule is O=C(NC(COc1ccccc1F)c1ccccc1)c1cc(Cl)ccn1. The number of carbonyl (C=O) groups excluding carboxylic acids is 1. The van der Waals surface area contributed by atoms with Gasteiger partial charge in [-0.05, 0) is 29.8 Å². The van der Waals surface area contributed by atoms with Crippen LogP contribution >= 0.6 is 11.6 Å². The highest BCUT2D eigenvalue weighted by atomic mass is 35.5. The zero-order chi connectivity index (χ0) is 18.4. The molecule has 0 fully saturated rings. The molecule has 1 N–H and O–H groups in total. The van der Waals surface area contributed by atoms with Crippen LogP contribution in [0.2, 0.25) is 5.02 Å². The number of hydrogen-bond donors (Lipinski definition) is 1. The number of amides is 1. The smallest absolute Gasteiger partial charge is 0.270 e. The number of nitrogens with one attached hydrogen (secondary N) is 1. The fourth-order valence-electron chi connectivity index (χ4n) is 2.40. The molecule has 0 bridgehead atoms. The van der Waals surface area contributed by atoms with E-state index in [4.69, 9.17) is 16.3 Å². The van der Waals surface area contributed by atoms with Crippen molar-refractivity contribution in [2.45, 2.75) is 6.04 Å². The van der Waals surface area contributed by atoms with Crippen molar-refractivity contribution in [3.63, 3.8) is 0 Å². The van der Waals surface area contributed by atoms with Crippen LogP contribution in [0.5, 0.6) is 5.75 Å². The Morgan fingerprint density at radius 2 is 1.85 bits per heavy atom. The zero-order valence-electron chi connectivity index (χ0n) is 13.7. The number of hydrogen-bond acceptors (Lipinski definition) is 3. The lowest BCUT2D eigenvalue weighted by Crippen LogP contribution is -2.33. The van der Waals surface area contributed by atoms with E-state index in [1.54, 1.807) is 18.2 Å². The first-order chi connectivity index (χ1) is 12.6. The first-order valence-corrected chi connectivity index (χ1v) is 8.36. The van der Waals surface area contributed by atoms with Crippen LogP contribution in [-0.4, -0.2) is 17.5 Å². The van der Waals surface area contributed by atoms with Gasteiger partial charge in [0.1, 0.15) is 12.3 Å². The molecule has 0 saturated carbocycles. The standard InChI is InChI=1S/C20H16ClFN2O2/c21-15-10-11-23-17(12-15)20(25)24-18(14-6-2-1-3-7-14)13-26-19-9-5-4-8-16(19)22/h1-12,18H,13H2,(H,24,25). The summed E-state index contributed by atoms with van der Waals surface area (Å²) in [4.78, 5) is 16.5. The molecule has 1 unspecified atom stereocenters. The maximum atomic E-state index is 13.8. The molecule has 0 spiro atoms. The normalized spacial score (nSPS) is 11.6. The van der Waals surface area contributed by atoms with E-state index in [9.17, 15) is 9.18 Å². The summed E-state index contributed by atoms with van der Waals surface area (Å²) >= 11 is 5.91. The third kappa shape index (κ3) is 4.58. The van der Waals surface area contributed by atoms with E-state index in [1.807, 2.05) is 30.3 Å². The average molecular weight is 371 g/mol. The lowest BCUT2D eigenvalue weighted by molar-refractivity contribution is 0.0915. The van der Waals surface area contributed by atoms with Gasteiger partial charge in [0.15, 0.2) is 11.6 Å². The Bertz CT molecular complexity index is 890. The Hall–Kier alpha value is -2.92. The van der Waals surface area contributed by atoms with Gasteiger partial charge in [-0.15, -0.1) is 0 Å². The highest BCUT2D eigenvalue weighted by molar-refractivity contribution is 6.30.